The zero-order valence-electron chi connectivity index (χ0n) is 19.1. The third-order valence-corrected chi connectivity index (χ3v) is 5.73. The molecular weight excluding hydrogens is 390 g/mol. The van der Waals surface area contributed by atoms with Crippen molar-refractivity contribution in [2.45, 2.75) is 44.8 Å². The SMILES string of the molecule is COc1ccc(C(NC(=O)CN2CCC(NC(C)C)CC2)c2ccc(OC)cc2)cc1. The molecule has 1 fully saturated rings. The molecule has 31 heavy (non-hydrogen) atoms. The maximum absolute atomic E-state index is 13.0. The molecule has 1 saturated heterocycles. The van der Waals surface area contributed by atoms with E-state index in [1.54, 1.807) is 14.2 Å². The average Bonchev–Trinajstić information content (AvgIpc) is 2.79. The second-order valence-corrected chi connectivity index (χ2v) is 8.42. The minimum absolute atomic E-state index is 0.0342. The van der Waals surface area contributed by atoms with Crippen LogP contribution in [0.5, 0.6) is 11.5 Å². The van der Waals surface area contributed by atoms with E-state index in [4.69, 9.17) is 9.47 Å². The summed E-state index contributed by atoms with van der Waals surface area (Å²) in [5, 5.41) is 6.84. The molecule has 1 aliphatic rings. The van der Waals surface area contributed by atoms with Gasteiger partial charge in [-0.25, -0.2) is 0 Å². The predicted molar refractivity (Wildman–Crippen MR) is 124 cm³/mol. The van der Waals surface area contributed by atoms with Crippen molar-refractivity contribution in [3.8, 4) is 11.5 Å². The Morgan fingerprint density at radius 1 is 0.935 bits per heavy atom. The number of carbonyl (C=O) groups is 1. The lowest BCUT2D eigenvalue weighted by atomic mass is 9.98. The quantitative estimate of drug-likeness (QED) is 0.645. The van der Waals surface area contributed by atoms with Crippen molar-refractivity contribution in [1.82, 2.24) is 15.5 Å². The monoisotopic (exact) mass is 425 g/mol. The molecular formula is C25H35N3O3. The van der Waals surface area contributed by atoms with Crippen molar-refractivity contribution in [2.75, 3.05) is 33.9 Å². The number of carbonyl (C=O) groups excluding carboxylic acids is 1. The summed E-state index contributed by atoms with van der Waals surface area (Å²) in [7, 11) is 3.30. The first kappa shape index (κ1) is 23.1. The summed E-state index contributed by atoms with van der Waals surface area (Å²) >= 11 is 0. The number of rotatable bonds is 9. The standard InChI is InChI=1S/C25H35N3O3/c1-18(2)26-21-13-15-28(16-14-21)17-24(29)27-25(19-5-9-22(30-3)10-6-19)20-7-11-23(31-4)12-8-20/h5-12,18,21,25-26H,13-17H2,1-4H3,(H,27,29). The van der Waals surface area contributed by atoms with Crippen molar-refractivity contribution in [2.24, 2.45) is 0 Å². The van der Waals surface area contributed by atoms with Gasteiger partial charge in [-0.15, -0.1) is 0 Å². The van der Waals surface area contributed by atoms with Gasteiger partial charge in [-0.05, 0) is 48.2 Å². The van der Waals surface area contributed by atoms with Gasteiger partial charge in [0.2, 0.25) is 5.91 Å². The molecule has 0 atom stereocenters. The molecule has 1 amide bonds. The second-order valence-electron chi connectivity index (χ2n) is 8.42. The number of piperidine rings is 1. The van der Waals surface area contributed by atoms with Gasteiger partial charge in [0.05, 0.1) is 26.8 Å². The number of likely N-dealkylation sites (tertiary alicyclic amines) is 1. The van der Waals surface area contributed by atoms with Gasteiger partial charge in [0.15, 0.2) is 0 Å². The largest absolute Gasteiger partial charge is 0.497 e. The Labute approximate surface area is 185 Å². The minimum atomic E-state index is -0.232. The topological polar surface area (TPSA) is 62.8 Å². The lowest BCUT2D eigenvalue weighted by molar-refractivity contribution is -0.123. The van der Waals surface area contributed by atoms with E-state index in [0.717, 1.165) is 48.6 Å². The van der Waals surface area contributed by atoms with E-state index < -0.39 is 0 Å². The molecule has 0 aromatic heterocycles. The van der Waals surface area contributed by atoms with Gasteiger partial charge in [-0.3, -0.25) is 9.69 Å². The van der Waals surface area contributed by atoms with Crippen LogP contribution in [0, 0.1) is 0 Å². The zero-order valence-corrected chi connectivity index (χ0v) is 19.1. The summed E-state index contributed by atoms with van der Waals surface area (Å²) in [4.78, 5) is 15.2. The Morgan fingerprint density at radius 2 is 1.42 bits per heavy atom. The van der Waals surface area contributed by atoms with Gasteiger partial charge in [-0.1, -0.05) is 38.1 Å². The number of hydrogen-bond donors (Lipinski definition) is 2. The summed E-state index contributed by atoms with van der Waals surface area (Å²) in [5.74, 6) is 1.62. The molecule has 6 nitrogen and oxygen atoms in total. The zero-order chi connectivity index (χ0) is 22.2. The number of benzene rings is 2. The number of nitrogens with zero attached hydrogens (tertiary/aromatic N) is 1. The summed E-state index contributed by atoms with van der Waals surface area (Å²) in [6.45, 7) is 6.65. The first-order chi connectivity index (χ1) is 15.0. The molecule has 0 spiro atoms. The van der Waals surface area contributed by atoms with Crippen LogP contribution in [0.2, 0.25) is 0 Å². The lowest BCUT2D eigenvalue weighted by Gasteiger charge is -2.33. The van der Waals surface area contributed by atoms with E-state index in [0.29, 0.717) is 18.6 Å². The summed E-state index contributed by atoms with van der Waals surface area (Å²) in [6.07, 6.45) is 2.15. The van der Waals surface area contributed by atoms with Crippen LogP contribution in [0.1, 0.15) is 43.9 Å². The smallest absolute Gasteiger partial charge is 0.234 e. The van der Waals surface area contributed by atoms with Crippen LogP contribution in [0.4, 0.5) is 0 Å². The van der Waals surface area contributed by atoms with Gasteiger partial charge in [0.1, 0.15) is 11.5 Å². The molecule has 2 N–H and O–H groups in total. The van der Waals surface area contributed by atoms with Gasteiger partial charge in [0, 0.05) is 25.2 Å². The maximum atomic E-state index is 13.0. The van der Waals surface area contributed by atoms with E-state index in [1.807, 2.05) is 48.5 Å². The minimum Gasteiger partial charge on any atom is -0.497 e. The highest BCUT2D eigenvalue weighted by Gasteiger charge is 2.23. The third kappa shape index (κ3) is 6.71. The number of nitrogens with one attached hydrogen (secondary N) is 2. The van der Waals surface area contributed by atoms with Gasteiger partial charge < -0.3 is 20.1 Å². The highest BCUT2D eigenvalue weighted by molar-refractivity contribution is 5.79. The molecule has 3 rings (SSSR count). The molecule has 1 heterocycles. The van der Waals surface area contributed by atoms with E-state index in [9.17, 15) is 4.79 Å². The molecule has 2 aromatic carbocycles. The Balaban J connectivity index is 1.67. The van der Waals surface area contributed by atoms with Crippen LogP contribution < -0.4 is 20.1 Å². The molecule has 1 aliphatic heterocycles. The lowest BCUT2D eigenvalue weighted by Crippen LogP contribution is -2.47. The van der Waals surface area contributed by atoms with E-state index in [1.165, 1.54) is 0 Å². The maximum Gasteiger partial charge on any atom is 0.234 e. The molecule has 168 valence electrons. The Bertz CT molecular complexity index is 765. The van der Waals surface area contributed by atoms with Crippen LogP contribution in [0.3, 0.4) is 0 Å². The van der Waals surface area contributed by atoms with E-state index >= 15 is 0 Å². The van der Waals surface area contributed by atoms with Crippen molar-refractivity contribution >= 4 is 5.91 Å². The fraction of sp³-hybridized carbons (Fsp3) is 0.480. The molecule has 0 bridgehead atoms. The summed E-state index contributed by atoms with van der Waals surface area (Å²) in [6, 6.07) is 16.5. The predicted octanol–water partition coefficient (Wildman–Crippen LogP) is 3.37. The van der Waals surface area contributed by atoms with Crippen LogP contribution in [-0.2, 0) is 4.79 Å². The van der Waals surface area contributed by atoms with Crippen LogP contribution >= 0.6 is 0 Å². The highest BCUT2D eigenvalue weighted by atomic mass is 16.5. The van der Waals surface area contributed by atoms with Crippen LogP contribution in [0.15, 0.2) is 48.5 Å². The van der Waals surface area contributed by atoms with E-state index in [-0.39, 0.29) is 11.9 Å². The normalized spacial score (nSPS) is 15.3. The first-order valence-electron chi connectivity index (χ1n) is 11.0. The fourth-order valence-corrected chi connectivity index (χ4v) is 4.09. The summed E-state index contributed by atoms with van der Waals surface area (Å²) < 4.78 is 10.6. The Hall–Kier alpha value is -2.57. The molecule has 2 aromatic rings. The number of ether oxygens (including phenoxy) is 2. The van der Waals surface area contributed by atoms with Crippen molar-refractivity contribution in [3.05, 3.63) is 59.7 Å². The highest BCUT2D eigenvalue weighted by Crippen LogP contribution is 2.26. The molecule has 0 unspecified atom stereocenters. The number of amides is 1. The van der Waals surface area contributed by atoms with Crippen molar-refractivity contribution in [1.29, 1.82) is 0 Å². The molecule has 0 radical (unpaired) electrons. The first-order valence-corrected chi connectivity index (χ1v) is 11.0. The molecule has 0 saturated carbocycles. The molecule has 6 heteroatoms. The number of hydrogen-bond acceptors (Lipinski definition) is 5. The third-order valence-electron chi connectivity index (χ3n) is 5.73. The number of methoxy groups -OCH3 is 2. The Morgan fingerprint density at radius 3 is 1.84 bits per heavy atom. The van der Waals surface area contributed by atoms with Crippen molar-refractivity contribution < 1.29 is 14.3 Å². The van der Waals surface area contributed by atoms with Gasteiger partial charge in [0.25, 0.3) is 0 Å². The second kappa shape index (κ2) is 11.2. The molecule has 0 aliphatic carbocycles. The Kier molecular flexibility index (Phi) is 8.32. The van der Waals surface area contributed by atoms with Gasteiger partial charge in [-0.2, -0.15) is 0 Å². The fourth-order valence-electron chi connectivity index (χ4n) is 4.09. The van der Waals surface area contributed by atoms with Gasteiger partial charge >= 0.3 is 0 Å². The van der Waals surface area contributed by atoms with Crippen LogP contribution in [-0.4, -0.2) is 56.7 Å². The van der Waals surface area contributed by atoms with Crippen molar-refractivity contribution in [3.63, 3.8) is 0 Å². The average molecular weight is 426 g/mol. The van der Waals surface area contributed by atoms with E-state index in [2.05, 4.69) is 29.4 Å². The summed E-state index contributed by atoms with van der Waals surface area (Å²) in [5.41, 5.74) is 2.03. The van der Waals surface area contributed by atoms with Crippen LogP contribution in [0.25, 0.3) is 0 Å².